The summed E-state index contributed by atoms with van der Waals surface area (Å²) in [4.78, 5) is 24.7. The van der Waals surface area contributed by atoms with Crippen LogP contribution in [0.3, 0.4) is 0 Å². The van der Waals surface area contributed by atoms with Crippen LogP contribution in [-0.2, 0) is 19.5 Å². The van der Waals surface area contributed by atoms with Gasteiger partial charge >= 0.3 is 19.5 Å². The summed E-state index contributed by atoms with van der Waals surface area (Å²) < 4.78 is 0. The Morgan fingerprint density at radius 1 is 0.680 bits per heavy atom. The minimum atomic E-state index is -1.14. The van der Waals surface area contributed by atoms with E-state index in [1.54, 1.807) is 74.4 Å². The fraction of sp³-hybridized carbons (Fsp3) is 0.222. The van der Waals surface area contributed by atoms with E-state index >= 15 is 0 Å². The fourth-order valence-electron chi connectivity index (χ4n) is 2.07. The number of hydrogen-bond donors (Lipinski definition) is 0. The molecule has 0 aliphatic heterocycles. The van der Waals surface area contributed by atoms with Crippen molar-refractivity contribution < 1.29 is 39.3 Å². The third kappa shape index (κ3) is 6.55. The van der Waals surface area contributed by atoms with E-state index < -0.39 is 11.9 Å². The molecule has 2 rings (SSSR count). The van der Waals surface area contributed by atoms with Crippen LogP contribution in [0.5, 0.6) is 0 Å². The Labute approximate surface area is 160 Å². The molecule has 2 aromatic rings. The number of rotatable bonds is 4. The molecule has 0 aliphatic carbocycles. The van der Waals surface area contributed by atoms with Crippen LogP contribution >= 0.6 is 0 Å². The van der Waals surface area contributed by atoms with E-state index in [9.17, 15) is 19.8 Å². The van der Waals surface area contributed by atoms with Crippen LogP contribution in [0.25, 0.3) is 0 Å². The second kappa shape index (κ2) is 10.5. The molecule has 0 amide bonds. The fourth-order valence-corrected chi connectivity index (χ4v) is 2.07. The van der Waals surface area contributed by atoms with Crippen molar-refractivity contribution in [2.75, 3.05) is 38.0 Å². The standard InChI is InChI=1S/2C9H11NO2.Zn/c2*1-10(2)8-6-4-3-5-7(8)9(11)12;/h2*3-6H,1-2H3,(H,11,12);/q;;+2/p-2. The molecule has 0 N–H and O–H groups in total. The Kier molecular flexibility index (Phi) is 9.46. The zero-order chi connectivity index (χ0) is 18.3. The van der Waals surface area contributed by atoms with Gasteiger partial charge in [-0.25, -0.2) is 0 Å². The topological polar surface area (TPSA) is 86.7 Å². The Morgan fingerprint density at radius 2 is 0.960 bits per heavy atom. The first-order valence-corrected chi connectivity index (χ1v) is 7.21. The van der Waals surface area contributed by atoms with Crippen LogP contribution in [0.2, 0.25) is 0 Å². The smallest absolute Gasteiger partial charge is 0.545 e. The van der Waals surface area contributed by atoms with Gasteiger partial charge in [-0.15, -0.1) is 0 Å². The van der Waals surface area contributed by atoms with Gasteiger partial charge in [0.05, 0.1) is 11.9 Å². The van der Waals surface area contributed by atoms with Gasteiger partial charge in [0.2, 0.25) is 0 Å². The van der Waals surface area contributed by atoms with Gasteiger partial charge in [0.25, 0.3) is 0 Å². The number of para-hydroxylation sites is 2. The van der Waals surface area contributed by atoms with E-state index in [1.165, 1.54) is 12.1 Å². The molecule has 0 saturated carbocycles. The van der Waals surface area contributed by atoms with Gasteiger partial charge in [0.1, 0.15) is 0 Å². The van der Waals surface area contributed by atoms with E-state index in [2.05, 4.69) is 0 Å². The number of benzene rings is 2. The summed E-state index contributed by atoms with van der Waals surface area (Å²) in [5, 5.41) is 21.2. The van der Waals surface area contributed by atoms with Crippen LogP contribution in [0, 0.1) is 0 Å². The van der Waals surface area contributed by atoms with Gasteiger partial charge in [-0.3, -0.25) is 0 Å². The molecular weight excluding hydrogens is 374 g/mol. The molecule has 0 bridgehead atoms. The van der Waals surface area contributed by atoms with Crippen LogP contribution in [0.1, 0.15) is 20.7 Å². The molecule has 0 atom stereocenters. The number of carbonyl (C=O) groups is 2. The molecule has 0 saturated heterocycles. The Hall–Kier alpha value is -2.40. The first-order valence-electron chi connectivity index (χ1n) is 7.21. The maximum atomic E-state index is 10.6. The molecule has 0 heterocycles. The summed E-state index contributed by atoms with van der Waals surface area (Å²) in [6.45, 7) is 0. The molecular formula is C18H20N2O4Zn. The molecule has 0 aliphatic rings. The number of hydrogen-bond acceptors (Lipinski definition) is 6. The molecule has 6 nitrogen and oxygen atoms in total. The monoisotopic (exact) mass is 392 g/mol. The van der Waals surface area contributed by atoms with Crippen LogP contribution < -0.4 is 20.0 Å². The van der Waals surface area contributed by atoms with E-state index in [0.717, 1.165) is 0 Å². The minimum absolute atomic E-state index is 0. The van der Waals surface area contributed by atoms with E-state index in [-0.39, 0.29) is 30.6 Å². The summed E-state index contributed by atoms with van der Waals surface area (Å²) in [6, 6.07) is 13.5. The van der Waals surface area contributed by atoms with Gasteiger partial charge in [-0.05, 0) is 12.1 Å². The van der Waals surface area contributed by atoms with Gasteiger partial charge < -0.3 is 29.6 Å². The average molecular weight is 394 g/mol. The van der Waals surface area contributed by atoms with E-state index in [1.807, 2.05) is 0 Å². The Bertz CT molecular complexity index is 656. The summed E-state index contributed by atoms with van der Waals surface area (Å²) in [5.74, 6) is -2.28. The maximum absolute atomic E-state index is 10.6. The number of carboxylic acid groups (broad SMARTS) is 2. The predicted molar refractivity (Wildman–Crippen MR) is 90.2 cm³/mol. The number of carbonyl (C=O) groups excluding carboxylic acids is 2. The molecule has 0 aromatic heterocycles. The molecule has 7 heteroatoms. The van der Waals surface area contributed by atoms with Crippen LogP contribution in [0.4, 0.5) is 11.4 Å². The second-order valence-corrected chi connectivity index (χ2v) is 5.40. The third-order valence-corrected chi connectivity index (χ3v) is 3.21. The van der Waals surface area contributed by atoms with Crippen LogP contribution in [-0.4, -0.2) is 40.1 Å². The number of aromatic carboxylic acids is 2. The maximum Gasteiger partial charge on any atom is 2.00 e. The molecule has 0 fully saturated rings. The number of nitrogens with zero attached hydrogens (tertiary/aromatic N) is 2. The third-order valence-electron chi connectivity index (χ3n) is 3.21. The summed E-state index contributed by atoms with van der Waals surface area (Å²) in [7, 11) is 7.17. The normalized spacial score (nSPS) is 9.12. The summed E-state index contributed by atoms with van der Waals surface area (Å²) in [6.07, 6.45) is 0. The van der Waals surface area contributed by atoms with Crippen molar-refractivity contribution in [3.63, 3.8) is 0 Å². The molecule has 0 radical (unpaired) electrons. The number of anilines is 2. The molecule has 2 aromatic carbocycles. The Balaban J connectivity index is 0.000000443. The first kappa shape index (κ1) is 22.6. The Morgan fingerprint density at radius 3 is 1.16 bits per heavy atom. The predicted octanol–water partition coefficient (Wildman–Crippen LogP) is 0.230. The van der Waals surface area contributed by atoms with Crippen molar-refractivity contribution in [1.29, 1.82) is 0 Å². The van der Waals surface area contributed by atoms with Crippen molar-refractivity contribution in [3.05, 3.63) is 59.7 Å². The van der Waals surface area contributed by atoms with E-state index in [0.29, 0.717) is 11.4 Å². The first-order chi connectivity index (χ1) is 11.3. The summed E-state index contributed by atoms with van der Waals surface area (Å²) >= 11 is 0. The molecule has 25 heavy (non-hydrogen) atoms. The van der Waals surface area contributed by atoms with Crippen molar-refractivity contribution in [2.24, 2.45) is 0 Å². The van der Waals surface area contributed by atoms with Gasteiger partial charge in [0.15, 0.2) is 0 Å². The zero-order valence-electron chi connectivity index (χ0n) is 14.9. The quantitative estimate of drug-likeness (QED) is 0.691. The van der Waals surface area contributed by atoms with Gasteiger partial charge in [-0.2, -0.15) is 0 Å². The number of carboxylic acids is 2. The van der Waals surface area contributed by atoms with Gasteiger partial charge in [0, 0.05) is 50.7 Å². The van der Waals surface area contributed by atoms with Crippen molar-refractivity contribution >= 4 is 23.3 Å². The van der Waals surface area contributed by atoms with E-state index in [4.69, 9.17) is 0 Å². The minimum Gasteiger partial charge on any atom is -0.545 e. The molecule has 0 spiro atoms. The average Bonchev–Trinajstić information content (AvgIpc) is 2.55. The SMILES string of the molecule is CN(C)c1ccccc1C(=O)[O-].CN(C)c1ccccc1C(=O)[O-].[Zn+2]. The largest absolute Gasteiger partial charge is 2.00 e. The zero-order valence-corrected chi connectivity index (χ0v) is 17.8. The van der Waals surface area contributed by atoms with Crippen molar-refractivity contribution in [1.82, 2.24) is 0 Å². The summed E-state index contributed by atoms with van der Waals surface area (Å²) in [5.41, 5.74) is 1.78. The van der Waals surface area contributed by atoms with Gasteiger partial charge in [-0.1, -0.05) is 36.4 Å². The van der Waals surface area contributed by atoms with Crippen molar-refractivity contribution in [2.45, 2.75) is 0 Å². The van der Waals surface area contributed by atoms with Crippen molar-refractivity contribution in [3.8, 4) is 0 Å². The molecule has 0 unspecified atom stereocenters. The molecule has 128 valence electrons. The van der Waals surface area contributed by atoms with Crippen LogP contribution in [0.15, 0.2) is 48.5 Å². The second-order valence-electron chi connectivity index (χ2n) is 5.40.